The van der Waals surface area contributed by atoms with Crippen LogP contribution in [0.25, 0.3) is 0 Å². The summed E-state index contributed by atoms with van der Waals surface area (Å²) in [6.07, 6.45) is 0.737. The first-order chi connectivity index (χ1) is 11.1. The van der Waals surface area contributed by atoms with Gasteiger partial charge in [0.1, 0.15) is 5.75 Å². The number of ether oxygens (including phenoxy) is 1. The molecule has 0 saturated heterocycles. The van der Waals surface area contributed by atoms with E-state index in [4.69, 9.17) is 4.74 Å². The number of hydrazone groups is 1. The summed E-state index contributed by atoms with van der Waals surface area (Å²) in [6, 6.07) is 14.8. The van der Waals surface area contributed by atoms with Gasteiger partial charge >= 0.3 is 0 Å². The lowest BCUT2D eigenvalue weighted by molar-refractivity contribution is -0.384. The fourth-order valence-corrected chi connectivity index (χ4v) is 1.70. The fourth-order valence-electron chi connectivity index (χ4n) is 1.70. The quantitative estimate of drug-likeness (QED) is 0.503. The Labute approximate surface area is 132 Å². The fraction of sp³-hybridized carbons (Fsp3) is 0.125. The summed E-state index contributed by atoms with van der Waals surface area (Å²) in [5.74, 6) is -0.0548. The van der Waals surface area contributed by atoms with Crippen molar-refractivity contribution in [3.05, 3.63) is 70.3 Å². The van der Waals surface area contributed by atoms with Crippen molar-refractivity contribution < 1.29 is 14.5 Å². The monoisotopic (exact) mass is 313 g/mol. The molecule has 7 heteroatoms. The van der Waals surface area contributed by atoms with Crippen molar-refractivity contribution >= 4 is 17.8 Å². The normalized spacial score (nSPS) is 11.9. The molecule has 2 aromatic carbocycles. The minimum absolute atomic E-state index is 0.0399. The topological polar surface area (TPSA) is 93.8 Å². The summed E-state index contributed by atoms with van der Waals surface area (Å²) in [4.78, 5) is 21.9. The van der Waals surface area contributed by atoms with E-state index in [9.17, 15) is 14.9 Å². The first-order valence-corrected chi connectivity index (χ1v) is 6.85. The molecule has 23 heavy (non-hydrogen) atoms. The van der Waals surface area contributed by atoms with E-state index >= 15 is 0 Å². The number of nitro benzene ring substituents is 1. The molecule has 0 unspecified atom stereocenters. The van der Waals surface area contributed by atoms with E-state index in [1.807, 2.05) is 30.3 Å². The van der Waals surface area contributed by atoms with Crippen LogP contribution in [0.15, 0.2) is 59.7 Å². The number of benzene rings is 2. The van der Waals surface area contributed by atoms with Crippen LogP contribution in [-0.2, 0) is 4.79 Å². The van der Waals surface area contributed by atoms with Crippen molar-refractivity contribution in [2.45, 2.75) is 13.0 Å². The van der Waals surface area contributed by atoms with Gasteiger partial charge in [-0.1, -0.05) is 30.3 Å². The number of hydrogen-bond acceptors (Lipinski definition) is 5. The Morgan fingerprint density at radius 2 is 1.87 bits per heavy atom. The Balaban J connectivity index is 1.87. The van der Waals surface area contributed by atoms with Crippen LogP contribution in [0, 0.1) is 10.1 Å². The summed E-state index contributed by atoms with van der Waals surface area (Å²) >= 11 is 0. The highest BCUT2D eigenvalue weighted by Gasteiger charge is 2.14. The first-order valence-electron chi connectivity index (χ1n) is 6.85. The Morgan fingerprint density at radius 1 is 1.22 bits per heavy atom. The van der Waals surface area contributed by atoms with E-state index in [1.54, 1.807) is 6.92 Å². The number of rotatable bonds is 6. The highest BCUT2D eigenvalue weighted by atomic mass is 16.6. The molecule has 0 fully saturated rings. The Morgan fingerprint density at radius 3 is 2.48 bits per heavy atom. The molecule has 118 valence electrons. The summed E-state index contributed by atoms with van der Waals surface area (Å²) in [7, 11) is 0. The Kier molecular flexibility index (Phi) is 5.40. The number of carbonyl (C=O) groups excluding carboxylic acids is 1. The highest BCUT2D eigenvalue weighted by Crippen LogP contribution is 2.18. The van der Waals surface area contributed by atoms with Crippen LogP contribution >= 0.6 is 0 Å². The highest BCUT2D eigenvalue weighted by molar-refractivity contribution is 5.84. The molecule has 0 saturated carbocycles. The molecule has 1 N–H and O–H groups in total. The lowest BCUT2D eigenvalue weighted by atomic mass is 10.2. The predicted octanol–water partition coefficient (Wildman–Crippen LogP) is 2.51. The standard InChI is InChI=1S/C16H15N3O4/c1-12(23-15-9-7-14(8-10-15)19(21)22)16(20)18-17-11-13-5-3-2-4-6-13/h2-12H,1H3,(H,18,20)/b17-11-/t12-/m0/s1. The van der Waals surface area contributed by atoms with Crippen LogP contribution in [0.4, 0.5) is 5.69 Å². The molecule has 0 aliphatic rings. The van der Waals surface area contributed by atoms with Crippen LogP contribution in [0.3, 0.4) is 0 Å². The zero-order valence-electron chi connectivity index (χ0n) is 12.4. The Bertz CT molecular complexity index is 699. The van der Waals surface area contributed by atoms with Gasteiger partial charge in [0.2, 0.25) is 0 Å². The van der Waals surface area contributed by atoms with E-state index in [0.717, 1.165) is 5.56 Å². The smallest absolute Gasteiger partial charge is 0.280 e. The van der Waals surface area contributed by atoms with Gasteiger partial charge < -0.3 is 4.74 Å². The van der Waals surface area contributed by atoms with E-state index in [2.05, 4.69) is 10.5 Å². The van der Waals surface area contributed by atoms with Crippen LogP contribution < -0.4 is 10.2 Å². The van der Waals surface area contributed by atoms with Gasteiger partial charge in [0.25, 0.3) is 11.6 Å². The van der Waals surface area contributed by atoms with Gasteiger partial charge in [-0.05, 0) is 24.6 Å². The third-order valence-electron chi connectivity index (χ3n) is 2.92. The molecular weight excluding hydrogens is 298 g/mol. The molecule has 1 amide bonds. The number of hydrogen-bond donors (Lipinski definition) is 1. The SMILES string of the molecule is C[C@H](Oc1ccc([N+](=O)[O-])cc1)C(=O)N/N=C\c1ccccc1. The van der Waals surface area contributed by atoms with Gasteiger partial charge in [0, 0.05) is 12.1 Å². The molecule has 0 spiro atoms. The van der Waals surface area contributed by atoms with E-state index in [-0.39, 0.29) is 5.69 Å². The van der Waals surface area contributed by atoms with Crippen molar-refractivity contribution in [1.82, 2.24) is 5.43 Å². The number of nitro groups is 1. The van der Waals surface area contributed by atoms with Gasteiger partial charge in [-0.15, -0.1) is 0 Å². The molecule has 0 aliphatic heterocycles. The number of nitrogens with one attached hydrogen (secondary N) is 1. The lowest BCUT2D eigenvalue weighted by Gasteiger charge is -2.12. The third kappa shape index (κ3) is 4.92. The molecule has 7 nitrogen and oxygen atoms in total. The van der Waals surface area contributed by atoms with Crippen LogP contribution in [0.2, 0.25) is 0 Å². The molecule has 1 atom stereocenters. The minimum atomic E-state index is -0.788. The van der Waals surface area contributed by atoms with Crippen LogP contribution in [-0.4, -0.2) is 23.1 Å². The minimum Gasteiger partial charge on any atom is -0.481 e. The number of amides is 1. The van der Waals surface area contributed by atoms with Crippen molar-refractivity contribution in [3.8, 4) is 5.75 Å². The average molecular weight is 313 g/mol. The van der Waals surface area contributed by atoms with Crippen LogP contribution in [0.5, 0.6) is 5.75 Å². The number of carbonyl (C=O) groups is 1. The van der Waals surface area contributed by atoms with Gasteiger partial charge in [-0.3, -0.25) is 14.9 Å². The van der Waals surface area contributed by atoms with Crippen molar-refractivity contribution in [3.63, 3.8) is 0 Å². The molecule has 0 heterocycles. The summed E-state index contributed by atoms with van der Waals surface area (Å²) < 4.78 is 5.41. The van der Waals surface area contributed by atoms with Crippen molar-refractivity contribution in [1.29, 1.82) is 0 Å². The largest absolute Gasteiger partial charge is 0.481 e. The molecule has 2 aromatic rings. The summed E-state index contributed by atoms with van der Waals surface area (Å²) in [5, 5.41) is 14.4. The zero-order chi connectivity index (χ0) is 16.7. The van der Waals surface area contributed by atoms with E-state index < -0.39 is 16.9 Å². The maximum atomic E-state index is 11.9. The second kappa shape index (κ2) is 7.69. The molecule has 0 aliphatic carbocycles. The van der Waals surface area contributed by atoms with E-state index in [0.29, 0.717) is 5.75 Å². The summed E-state index contributed by atoms with van der Waals surface area (Å²) in [6.45, 7) is 1.56. The third-order valence-corrected chi connectivity index (χ3v) is 2.92. The van der Waals surface area contributed by atoms with Gasteiger partial charge in [-0.25, -0.2) is 5.43 Å². The maximum absolute atomic E-state index is 11.9. The lowest BCUT2D eigenvalue weighted by Crippen LogP contribution is -2.33. The number of nitrogens with zero attached hydrogens (tertiary/aromatic N) is 2. The summed E-state index contributed by atoms with van der Waals surface area (Å²) in [5.41, 5.74) is 3.20. The van der Waals surface area contributed by atoms with E-state index in [1.165, 1.54) is 30.5 Å². The van der Waals surface area contributed by atoms with Crippen LogP contribution in [0.1, 0.15) is 12.5 Å². The Hall–Kier alpha value is -3.22. The first kappa shape index (κ1) is 16.2. The second-order valence-electron chi connectivity index (χ2n) is 4.66. The zero-order valence-corrected chi connectivity index (χ0v) is 12.4. The van der Waals surface area contributed by atoms with Crippen molar-refractivity contribution in [2.75, 3.05) is 0 Å². The van der Waals surface area contributed by atoms with Crippen molar-refractivity contribution in [2.24, 2.45) is 5.10 Å². The molecule has 0 aromatic heterocycles. The predicted molar refractivity (Wildman–Crippen MR) is 85.4 cm³/mol. The number of non-ortho nitro benzene ring substituents is 1. The molecule has 0 bridgehead atoms. The van der Waals surface area contributed by atoms with Gasteiger partial charge in [0.15, 0.2) is 6.10 Å². The second-order valence-corrected chi connectivity index (χ2v) is 4.66. The molecule has 0 radical (unpaired) electrons. The average Bonchev–Trinajstić information content (AvgIpc) is 2.56. The maximum Gasteiger partial charge on any atom is 0.280 e. The van der Waals surface area contributed by atoms with Gasteiger partial charge in [0.05, 0.1) is 11.1 Å². The van der Waals surface area contributed by atoms with Gasteiger partial charge in [-0.2, -0.15) is 5.10 Å². The molecular formula is C16H15N3O4. The molecule has 2 rings (SSSR count).